The average molecular weight is 422 g/mol. The van der Waals surface area contributed by atoms with Crippen molar-refractivity contribution in [2.24, 2.45) is 5.92 Å². The molecule has 1 heterocycles. The second kappa shape index (κ2) is 10.9. The molecule has 2 rings (SSSR count). The van der Waals surface area contributed by atoms with Gasteiger partial charge in [0.1, 0.15) is 0 Å². The molecule has 8 heteroatoms. The molecule has 2 atom stereocenters. The van der Waals surface area contributed by atoms with Crippen LogP contribution in [0.3, 0.4) is 0 Å². The van der Waals surface area contributed by atoms with Crippen LogP contribution in [-0.2, 0) is 4.79 Å². The van der Waals surface area contributed by atoms with Gasteiger partial charge in [-0.1, -0.05) is 13.3 Å². The summed E-state index contributed by atoms with van der Waals surface area (Å²) in [6, 6.07) is 3.59. The second-order valence-corrected chi connectivity index (χ2v) is 7.83. The van der Waals surface area contributed by atoms with Crippen molar-refractivity contribution in [3.8, 4) is 17.2 Å². The van der Waals surface area contributed by atoms with E-state index in [4.69, 9.17) is 14.2 Å². The Labute approximate surface area is 179 Å². The first-order chi connectivity index (χ1) is 14.4. The van der Waals surface area contributed by atoms with Crippen molar-refractivity contribution >= 4 is 11.9 Å². The Morgan fingerprint density at radius 1 is 1.10 bits per heavy atom. The fourth-order valence-corrected chi connectivity index (χ4v) is 3.75. The minimum Gasteiger partial charge on any atom is -0.493 e. The minimum absolute atomic E-state index is 0.0227. The molecule has 0 aliphatic carbocycles. The number of likely N-dealkylation sites (tertiary alicyclic amines) is 1. The third-order valence-electron chi connectivity index (χ3n) is 5.30. The predicted molar refractivity (Wildman–Crippen MR) is 115 cm³/mol. The summed E-state index contributed by atoms with van der Waals surface area (Å²) in [4.78, 5) is 27.3. The number of carbonyl (C=O) groups excluding carboxylic acids is 2. The third kappa shape index (κ3) is 5.49. The van der Waals surface area contributed by atoms with Gasteiger partial charge in [0.25, 0.3) is 0 Å². The fraction of sp³-hybridized carbons (Fsp3) is 0.636. The molecule has 0 unspecified atom stereocenters. The summed E-state index contributed by atoms with van der Waals surface area (Å²) >= 11 is 0. The molecule has 1 aliphatic rings. The molecule has 3 amide bonds. The van der Waals surface area contributed by atoms with Gasteiger partial charge in [-0.2, -0.15) is 0 Å². The van der Waals surface area contributed by atoms with E-state index >= 15 is 0 Å². The smallest absolute Gasteiger partial charge is 0.317 e. The fourth-order valence-electron chi connectivity index (χ4n) is 3.75. The highest BCUT2D eigenvalue weighted by atomic mass is 16.5. The first-order valence-electron chi connectivity index (χ1n) is 10.5. The van der Waals surface area contributed by atoms with Crippen LogP contribution in [-0.4, -0.2) is 63.8 Å². The van der Waals surface area contributed by atoms with E-state index in [-0.39, 0.29) is 29.8 Å². The normalized spacial score (nSPS) is 18.3. The number of ether oxygens (including phenoxy) is 3. The largest absolute Gasteiger partial charge is 0.493 e. The maximum atomic E-state index is 13.0. The first-order valence-corrected chi connectivity index (χ1v) is 10.5. The number of nitrogens with one attached hydrogen (secondary N) is 2. The zero-order valence-corrected chi connectivity index (χ0v) is 18.9. The molecular formula is C22H35N3O5. The van der Waals surface area contributed by atoms with E-state index in [2.05, 4.69) is 17.6 Å². The summed E-state index contributed by atoms with van der Waals surface area (Å²) in [5.74, 6) is 0.979. The molecule has 0 radical (unpaired) electrons. The van der Waals surface area contributed by atoms with E-state index in [1.54, 1.807) is 26.2 Å². The molecule has 0 bridgehead atoms. The van der Waals surface area contributed by atoms with E-state index < -0.39 is 0 Å². The van der Waals surface area contributed by atoms with Crippen molar-refractivity contribution in [2.75, 3.05) is 41.0 Å². The van der Waals surface area contributed by atoms with Crippen LogP contribution < -0.4 is 24.8 Å². The Morgan fingerprint density at radius 3 is 2.23 bits per heavy atom. The number of rotatable bonds is 9. The molecule has 1 aromatic carbocycles. The molecule has 168 valence electrons. The van der Waals surface area contributed by atoms with Crippen LogP contribution >= 0.6 is 0 Å². The van der Waals surface area contributed by atoms with Crippen LogP contribution in [0, 0.1) is 5.92 Å². The van der Waals surface area contributed by atoms with Crippen molar-refractivity contribution in [2.45, 2.75) is 45.6 Å². The molecule has 0 saturated carbocycles. The Kier molecular flexibility index (Phi) is 8.62. The molecule has 1 saturated heterocycles. The van der Waals surface area contributed by atoms with Crippen LogP contribution in [0.4, 0.5) is 4.79 Å². The third-order valence-corrected chi connectivity index (χ3v) is 5.30. The number of unbranched alkanes of at least 4 members (excludes halogenated alkanes) is 1. The maximum absolute atomic E-state index is 13.0. The van der Waals surface area contributed by atoms with Crippen molar-refractivity contribution in [1.29, 1.82) is 0 Å². The number of carbonyl (C=O) groups is 2. The number of urea groups is 1. The average Bonchev–Trinajstić information content (AvgIpc) is 3.18. The van der Waals surface area contributed by atoms with Gasteiger partial charge in [-0.05, 0) is 38.0 Å². The zero-order chi connectivity index (χ0) is 22.3. The number of hydrogen-bond acceptors (Lipinski definition) is 5. The lowest BCUT2D eigenvalue weighted by molar-refractivity contribution is -0.124. The molecule has 0 aromatic heterocycles. The quantitative estimate of drug-likeness (QED) is 0.599. The van der Waals surface area contributed by atoms with Crippen molar-refractivity contribution in [3.05, 3.63) is 17.7 Å². The Hall–Kier alpha value is -2.64. The van der Waals surface area contributed by atoms with Crippen LogP contribution in [0.15, 0.2) is 12.1 Å². The van der Waals surface area contributed by atoms with Gasteiger partial charge in [-0.25, -0.2) is 4.79 Å². The Bertz CT molecular complexity index is 712. The van der Waals surface area contributed by atoms with Crippen molar-refractivity contribution < 1.29 is 23.8 Å². The highest BCUT2D eigenvalue weighted by Gasteiger charge is 2.41. The summed E-state index contributed by atoms with van der Waals surface area (Å²) in [6.07, 6.45) is 1.93. The number of nitrogens with zero attached hydrogens (tertiary/aromatic N) is 1. The van der Waals surface area contributed by atoms with Gasteiger partial charge >= 0.3 is 6.03 Å². The van der Waals surface area contributed by atoms with Crippen LogP contribution in [0.5, 0.6) is 17.2 Å². The number of hydrogen-bond donors (Lipinski definition) is 2. The predicted octanol–water partition coefficient (Wildman–Crippen LogP) is 2.76. The molecule has 8 nitrogen and oxygen atoms in total. The van der Waals surface area contributed by atoms with E-state index in [0.29, 0.717) is 36.9 Å². The van der Waals surface area contributed by atoms with Gasteiger partial charge in [-0.15, -0.1) is 0 Å². The summed E-state index contributed by atoms with van der Waals surface area (Å²) in [6.45, 7) is 7.34. The monoisotopic (exact) mass is 421 g/mol. The summed E-state index contributed by atoms with van der Waals surface area (Å²) in [5.41, 5.74) is 0.875. The maximum Gasteiger partial charge on any atom is 0.317 e. The van der Waals surface area contributed by atoms with Gasteiger partial charge < -0.3 is 29.7 Å². The molecule has 1 aromatic rings. The number of amides is 3. The van der Waals surface area contributed by atoms with Crippen molar-refractivity contribution in [3.63, 3.8) is 0 Å². The second-order valence-electron chi connectivity index (χ2n) is 7.83. The van der Waals surface area contributed by atoms with Gasteiger partial charge in [0.2, 0.25) is 11.7 Å². The van der Waals surface area contributed by atoms with Crippen molar-refractivity contribution in [1.82, 2.24) is 15.5 Å². The Morgan fingerprint density at radius 2 is 1.73 bits per heavy atom. The van der Waals surface area contributed by atoms with E-state index in [1.165, 1.54) is 0 Å². The summed E-state index contributed by atoms with van der Waals surface area (Å²) in [5, 5.41) is 5.94. The van der Waals surface area contributed by atoms with Crippen LogP contribution in [0.25, 0.3) is 0 Å². The van der Waals surface area contributed by atoms with Gasteiger partial charge in [0, 0.05) is 31.6 Å². The lowest BCUT2D eigenvalue weighted by Crippen LogP contribution is -2.42. The van der Waals surface area contributed by atoms with Gasteiger partial charge in [-0.3, -0.25) is 4.79 Å². The van der Waals surface area contributed by atoms with E-state index in [0.717, 1.165) is 18.4 Å². The molecule has 1 fully saturated rings. The molecular weight excluding hydrogens is 386 g/mol. The lowest BCUT2D eigenvalue weighted by atomic mass is 9.88. The topological polar surface area (TPSA) is 89.1 Å². The van der Waals surface area contributed by atoms with E-state index in [1.807, 2.05) is 26.0 Å². The standard InChI is InChI=1S/C22H35N3O5/c1-7-8-9-23-21(26)17-13-25(22(27)24-14(2)3)12-16(17)15-10-18(28-4)20(30-6)19(11-15)29-5/h10-11,14,16-17H,7-9,12-13H2,1-6H3,(H,23,26)(H,24,27)/t16-,17-/m0/s1. The van der Waals surface area contributed by atoms with Crippen LogP contribution in [0.2, 0.25) is 0 Å². The summed E-state index contributed by atoms with van der Waals surface area (Å²) < 4.78 is 16.4. The molecule has 0 spiro atoms. The number of methoxy groups -OCH3 is 3. The van der Waals surface area contributed by atoms with Crippen LogP contribution in [0.1, 0.15) is 45.1 Å². The van der Waals surface area contributed by atoms with Gasteiger partial charge in [0.15, 0.2) is 11.5 Å². The first kappa shape index (κ1) is 23.6. The SMILES string of the molecule is CCCCNC(=O)[C@H]1CN(C(=O)NC(C)C)C[C@H]1c1cc(OC)c(OC)c(OC)c1. The molecule has 30 heavy (non-hydrogen) atoms. The summed E-state index contributed by atoms with van der Waals surface area (Å²) in [7, 11) is 4.68. The Balaban J connectivity index is 2.37. The zero-order valence-electron chi connectivity index (χ0n) is 18.9. The van der Waals surface area contributed by atoms with E-state index in [9.17, 15) is 9.59 Å². The molecule has 2 N–H and O–H groups in total. The highest BCUT2D eigenvalue weighted by Crippen LogP contribution is 2.43. The molecule has 1 aliphatic heterocycles. The van der Waals surface area contributed by atoms with Gasteiger partial charge in [0.05, 0.1) is 27.2 Å². The number of benzene rings is 1. The minimum atomic E-state index is -0.359. The lowest BCUT2D eigenvalue weighted by Gasteiger charge is -2.21. The highest BCUT2D eigenvalue weighted by molar-refractivity contribution is 5.83.